The summed E-state index contributed by atoms with van der Waals surface area (Å²) >= 11 is 1.65. The number of thiophene rings is 1. The van der Waals surface area contributed by atoms with Crippen molar-refractivity contribution >= 4 is 21.2 Å². The van der Waals surface area contributed by atoms with Crippen molar-refractivity contribution in [3.63, 3.8) is 0 Å². The molecule has 1 fully saturated rings. The first-order valence-corrected chi connectivity index (χ1v) is 8.87. The number of nitrogens with two attached hydrogens (primary N) is 1. The zero-order chi connectivity index (χ0) is 13.9. The van der Waals surface area contributed by atoms with Crippen LogP contribution in [0.25, 0.3) is 0 Å². The first-order chi connectivity index (χ1) is 9.00. The van der Waals surface area contributed by atoms with E-state index in [0.29, 0.717) is 12.3 Å². The third-order valence-corrected chi connectivity index (χ3v) is 5.90. The third-order valence-electron chi connectivity index (χ3n) is 3.23. The van der Waals surface area contributed by atoms with E-state index in [1.807, 2.05) is 18.5 Å². The highest BCUT2D eigenvalue weighted by Gasteiger charge is 2.30. The van der Waals surface area contributed by atoms with Crippen LogP contribution >= 0.6 is 11.3 Å². The normalized spacial score (nSPS) is 21.3. The Balaban J connectivity index is 1.96. The van der Waals surface area contributed by atoms with Crippen LogP contribution in [0.1, 0.15) is 16.9 Å². The molecule has 1 aromatic rings. The highest BCUT2D eigenvalue weighted by molar-refractivity contribution is 7.91. The van der Waals surface area contributed by atoms with Gasteiger partial charge in [0.2, 0.25) is 0 Å². The van der Waals surface area contributed by atoms with Crippen molar-refractivity contribution in [3.8, 4) is 11.8 Å². The maximum absolute atomic E-state index is 11.5. The van der Waals surface area contributed by atoms with Crippen molar-refractivity contribution in [2.75, 3.05) is 25.1 Å². The maximum Gasteiger partial charge on any atom is 0.151 e. The molecular weight excluding hydrogens is 280 g/mol. The number of rotatable bonds is 3. The molecule has 2 rings (SSSR count). The molecule has 0 spiro atoms. The van der Waals surface area contributed by atoms with Gasteiger partial charge in [-0.2, -0.15) is 0 Å². The van der Waals surface area contributed by atoms with Crippen LogP contribution in [-0.2, 0) is 16.4 Å². The molecule has 19 heavy (non-hydrogen) atoms. The first-order valence-electron chi connectivity index (χ1n) is 6.17. The van der Waals surface area contributed by atoms with Gasteiger partial charge in [-0.1, -0.05) is 11.8 Å². The van der Waals surface area contributed by atoms with Gasteiger partial charge in [0.15, 0.2) is 9.84 Å². The van der Waals surface area contributed by atoms with Crippen molar-refractivity contribution in [3.05, 3.63) is 21.9 Å². The monoisotopic (exact) mass is 298 g/mol. The first kappa shape index (κ1) is 14.5. The summed E-state index contributed by atoms with van der Waals surface area (Å²) in [5.41, 5.74) is 6.32. The Labute approximate surface area is 118 Å². The lowest BCUT2D eigenvalue weighted by Gasteiger charge is -2.22. The smallest absolute Gasteiger partial charge is 0.151 e. The highest BCUT2D eigenvalue weighted by Crippen LogP contribution is 2.21. The SMILES string of the molecule is CN(Cc1cc(C#CCN)cs1)C1CCS(=O)(=O)C1. The second kappa shape index (κ2) is 6.06. The predicted octanol–water partition coefficient (Wildman–Crippen LogP) is 0.677. The van der Waals surface area contributed by atoms with Crippen LogP contribution in [0.3, 0.4) is 0 Å². The molecule has 0 bridgehead atoms. The van der Waals surface area contributed by atoms with E-state index >= 15 is 0 Å². The zero-order valence-electron chi connectivity index (χ0n) is 10.9. The summed E-state index contributed by atoms with van der Waals surface area (Å²) in [5.74, 6) is 6.44. The van der Waals surface area contributed by atoms with Crippen LogP contribution in [0.15, 0.2) is 11.4 Å². The molecule has 1 atom stereocenters. The van der Waals surface area contributed by atoms with E-state index in [9.17, 15) is 8.42 Å². The fourth-order valence-corrected chi connectivity index (χ4v) is 4.86. The molecule has 1 aromatic heterocycles. The second-order valence-corrected chi connectivity index (χ2v) is 8.00. The summed E-state index contributed by atoms with van der Waals surface area (Å²) in [7, 11) is -0.831. The molecule has 0 aliphatic carbocycles. The lowest BCUT2D eigenvalue weighted by Crippen LogP contribution is -2.31. The third kappa shape index (κ3) is 4.05. The van der Waals surface area contributed by atoms with Crippen molar-refractivity contribution in [2.45, 2.75) is 19.0 Å². The van der Waals surface area contributed by atoms with Gasteiger partial charge in [-0.25, -0.2) is 8.42 Å². The summed E-state index contributed by atoms with van der Waals surface area (Å²) in [6, 6.07) is 2.19. The van der Waals surface area contributed by atoms with E-state index in [0.717, 1.165) is 18.5 Å². The molecule has 1 aliphatic rings. The minimum Gasteiger partial charge on any atom is -0.320 e. The van der Waals surface area contributed by atoms with Gasteiger partial charge < -0.3 is 5.73 Å². The molecule has 0 amide bonds. The lowest BCUT2D eigenvalue weighted by atomic mass is 10.2. The summed E-state index contributed by atoms with van der Waals surface area (Å²) in [4.78, 5) is 3.32. The molecule has 2 N–H and O–H groups in total. The largest absolute Gasteiger partial charge is 0.320 e. The van der Waals surface area contributed by atoms with Gasteiger partial charge in [-0.05, 0) is 19.5 Å². The van der Waals surface area contributed by atoms with Crippen LogP contribution in [0, 0.1) is 11.8 Å². The number of hydrogen-bond acceptors (Lipinski definition) is 5. The van der Waals surface area contributed by atoms with Gasteiger partial charge in [0.1, 0.15) is 0 Å². The predicted molar refractivity (Wildman–Crippen MR) is 78.8 cm³/mol. The number of sulfone groups is 1. The molecule has 0 radical (unpaired) electrons. The zero-order valence-corrected chi connectivity index (χ0v) is 12.6. The van der Waals surface area contributed by atoms with E-state index < -0.39 is 9.84 Å². The molecular formula is C13H18N2O2S2. The van der Waals surface area contributed by atoms with Crippen LogP contribution < -0.4 is 5.73 Å². The number of hydrogen-bond donors (Lipinski definition) is 1. The van der Waals surface area contributed by atoms with E-state index in [2.05, 4.69) is 16.7 Å². The Bertz CT molecular complexity index is 596. The topological polar surface area (TPSA) is 63.4 Å². The summed E-state index contributed by atoms with van der Waals surface area (Å²) in [5, 5.41) is 2.01. The molecule has 2 heterocycles. The standard InChI is InChI=1S/C13H18N2O2S2/c1-15(12-4-6-19(16,17)10-12)8-13-7-11(9-18-13)3-2-5-14/h7,9,12H,4-6,8,10,14H2,1H3. The van der Waals surface area contributed by atoms with Crippen molar-refractivity contribution in [1.29, 1.82) is 0 Å². The second-order valence-electron chi connectivity index (χ2n) is 4.78. The van der Waals surface area contributed by atoms with Gasteiger partial charge >= 0.3 is 0 Å². The van der Waals surface area contributed by atoms with Crippen LogP contribution in [0.5, 0.6) is 0 Å². The quantitative estimate of drug-likeness (QED) is 0.834. The molecule has 6 heteroatoms. The summed E-state index contributed by atoms with van der Waals surface area (Å²) < 4.78 is 22.9. The molecule has 1 aliphatic heterocycles. The summed E-state index contributed by atoms with van der Waals surface area (Å²) in [6.07, 6.45) is 0.740. The Kier molecular flexibility index (Phi) is 4.63. The molecule has 0 saturated carbocycles. The van der Waals surface area contributed by atoms with Gasteiger partial charge in [-0.15, -0.1) is 11.3 Å². The van der Waals surface area contributed by atoms with E-state index in [4.69, 9.17) is 5.73 Å². The fourth-order valence-electron chi connectivity index (χ4n) is 2.18. The molecule has 104 valence electrons. The van der Waals surface area contributed by atoms with Crippen LogP contribution in [0.2, 0.25) is 0 Å². The molecule has 4 nitrogen and oxygen atoms in total. The Morgan fingerprint density at radius 2 is 2.37 bits per heavy atom. The molecule has 0 aromatic carbocycles. The molecule has 1 unspecified atom stereocenters. The highest BCUT2D eigenvalue weighted by atomic mass is 32.2. The van der Waals surface area contributed by atoms with E-state index in [-0.39, 0.29) is 11.8 Å². The van der Waals surface area contributed by atoms with Crippen molar-refractivity contribution in [1.82, 2.24) is 4.90 Å². The fraction of sp³-hybridized carbons (Fsp3) is 0.538. The minimum atomic E-state index is -2.81. The van der Waals surface area contributed by atoms with Gasteiger partial charge in [0.05, 0.1) is 18.1 Å². The van der Waals surface area contributed by atoms with E-state index in [1.165, 1.54) is 4.88 Å². The van der Waals surface area contributed by atoms with Gasteiger partial charge in [0, 0.05) is 28.4 Å². The summed E-state index contributed by atoms with van der Waals surface area (Å²) in [6.45, 7) is 1.14. The lowest BCUT2D eigenvalue weighted by molar-refractivity contribution is 0.256. The van der Waals surface area contributed by atoms with Crippen molar-refractivity contribution in [2.24, 2.45) is 5.73 Å². The van der Waals surface area contributed by atoms with Gasteiger partial charge in [0.25, 0.3) is 0 Å². The van der Waals surface area contributed by atoms with Crippen molar-refractivity contribution < 1.29 is 8.42 Å². The Morgan fingerprint density at radius 1 is 1.58 bits per heavy atom. The molecule has 1 saturated heterocycles. The number of nitrogens with zero attached hydrogens (tertiary/aromatic N) is 1. The maximum atomic E-state index is 11.5. The Hall–Kier alpha value is -0.870. The average molecular weight is 298 g/mol. The van der Waals surface area contributed by atoms with E-state index in [1.54, 1.807) is 11.3 Å². The van der Waals surface area contributed by atoms with Gasteiger partial charge in [-0.3, -0.25) is 4.90 Å². The van der Waals surface area contributed by atoms with Crippen LogP contribution in [0.4, 0.5) is 0 Å². The minimum absolute atomic E-state index is 0.144. The Morgan fingerprint density at radius 3 is 3.00 bits per heavy atom. The van der Waals surface area contributed by atoms with Crippen LogP contribution in [-0.4, -0.2) is 44.5 Å². The average Bonchev–Trinajstić information content (AvgIpc) is 2.93.